The third kappa shape index (κ3) is 2.82. The minimum atomic E-state index is -3.70. The number of fused-ring (bicyclic) bond motifs is 1. The van der Waals surface area contributed by atoms with Crippen LogP contribution in [-0.2, 0) is 10.0 Å². The smallest absolute Gasteiger partial charge is 0.262 e. The van der Waals surface area contributed by atoms with E-state index in [4.69, 9.17) is 0 Å². The molecule has 4 rings (SSSR count). The van der Waals surface area contributed by atoms with Gasteiger partial charge in [0, 0.05) is 17.5 Å². The monoisotopic (exact) mass is 340 g/mol. The van der Waals surface area contributed by atoms with Crippen LogP contribution in [-0.4, -0.2) is 23.4 Å². The molecule has 2 heterocycles. The maximum atomic E-state index is 12.7. The van der Waals surface area contributed by atoms with Gasteiger partial charge in [-0.1, -0.05) is 6.07 Å². The molecule has 0 atom stereocenters. The van der Waals surface area contributed by atoms with Crippen LogP contribution in [0.15, 0.2) is 47.6 Å². The summed E-state index contributed by atoms with van der Waals surface area (Å²) < 4.78 is 28.1. The molecule has 0 saturated heterocycles. The molecule has 7 heteroatoms. The summed E-state index contributed by atoms with van der Waals surface area (Å²) in [6.45, 7) is 1.81. The number of pyridine rings is 1. The number of aromatic nitrogens is 3. The first-order valence-corrected chi connectivity index (χ1v) is 9.22. The van der Waals surface area contributed by atoms with E-state index in [-0.39, 0.29) is 4.90 Å². The Hall–Kier alpha value is -2.54. The van der Waals surface area contributed by atoms with Gasteiger partial charge in [-0.25, -0.2) is 18.4 Å². The Balaban J connectivity index is 1.72. The Kier molecular flexibility index (Phi) is 3.45. The number of anilines is 1. The highest BCUT2D eigenvalue weighted by molar-refractivity contribution is 7.92. The van der Waals surface area contributed by atoms with E-state index in [0.29, 0.717) is 17.4 Å². The van der Waals surface area contributed by atoms with Crippen molar-refractivity contribution in [2.75, 3.05) is 4.72 Å². The lowest BCUT2D eigenvalue weighted by Crippen LogP contribution is -2.15. The van der Waals surface area contributed by atoms with Crippen molar-refractivity contribution < 1.29 is 8.42 Å². The van der Waals surface area contributed by atoms with Crippen LogP contribution in [0.25, 0.3) is 10.9 Å². The largest absolute Gasteiger partial charge is 0.276 e. The van der Waals surface area contributed by atoms with E-state index in [9.17, 15) is 8.42 Å². The van der Waals surface area contributed by atoms with Crippen molar-refractivity contribution in [3.8, 4) is 0 Å². The van der Waals surface area contributed by atoms with E-state index in [0.717, 1.165) is 29.4 Å². The lowest BCUT2D eigenvalue weighted by molar-refractivity contribution is 0.601. The van der Waals surface area contributed by atoms with Crippen LogP contribution >= 0.6 is 0 Å². The fourth-order valence-corrected chi connectivity index (χ4v) is 3.75. The van der Waals surface area contributed by atoms with Gasteiger partial charge in [-0.15, -0.1) is 0 Å². The van der Waals surface area contributed by atoms with E-state index >= 15 is 0 Å². The molecule has 3 aromatic rings. The third-order valence-corrected chi connectivity index (χ3v) is 5.40. The second-order valence-corrected chi connectivity index (χ2v) is 7.64. The maximum absolute atomic E-state index is 12.7. The van der Waals surface area contributed by atoms with Gasteiger partial charge in [0.1, 0.15) is 5.82 Å². The molecule has 1 saturated carbocycles. The van der Waals surface area contributed by atoms with Crippen molar-refractivity contribution in [1.29, 1.82) is 0 Å². The molecular formula is C17H16N4O2S. The quantitative estimate of drug-likeness (QED) is 0.789. The van der Waals surface area contributed by atoms with Crippen molar-refractivity contribution in [3.05, 3.63) is 54.2 Å². The summed E-state index contributed by atoms with van der Waals surface area (Å²) in [5.74, 6) is 0.974. The van der Waals surface area contributed by atoms with E-state index in [1.807, 2.05) is 6.07 Å². The first-order valence-electron chi connectivity index (χ1n) is 7.74. The van der Waals surface area contributed by atoms with Crippen LogP contribution in [0.1, 0.15) is 30.3 Å². The molecule has 1 aromatic carbocycles. The van der Waals surface area contributed by atoms with Crippen LogP contribution in [0.4, 0.5) is 5.69 Å². The van der Waals surface area contributed by atoms with Gasteiger partial charge in [-0.05, 0) is 44.0 Å². The van der Waals surface area contributed by atoms with Gasteiger partial charge < -0.3 is 0 Å². The zero-order valence-electron chi connectivity index (χ0n) is 13.1. The van der Waals surface area contributed by atoms with Crippen LogP contribution in [0.2, 0.25) is 0 Å². The Bertz CT molecular complexity index is 1030. The van der Waals surface area contributed by atoms with Crippen molar-refractivity contribution in [2.45, 2.75) is 30.6 Å². The lowest BCUT2D eigenvalue weighted by Gasteiger charge is -2.12. The zero-order valence-corrected chi connectivity index (χ0v) is 13.9. The number of hydrogen-bond acceptors (Lipinski definition) is 5. The standard InChI is InChI=1S/C17H16N4O2S/c1-11-19-10-16(17(20-11)12-4-5-12)21-24(22,23)14-6-7-15-13(9-14)3-2-8-18-15/h2-3,6-10,12,21H,4-5H2,1H3. The van der Waals surface area contributed by atoms with Gasteiger partial charge in [-0.3, -0.25) is 9.71 Å². The van der Waals surface area contributed by atoms with Gasteiger partial charge in [-0.2, -0.15) is 0 Å². The van der Waals surface area contributed by atoms with E-state index in [1.54, 1.807) is 43.6 Å². The number of hydrogen-bond donors (Lipinski definition) is 1. The van der Waals surface area contributed by atoms with Crippen molar-refractivity contribution in [2.24, 2.45) is 0 Å². The summed E-state index contributed by atoms with van der Waals surface area (Å²) in [6.07, 6.45) is 5.30. The van der Waals surface area contributed by atoms with Gasteiger partial charge >= 0.3 is 0 Å². The lowest BCUT2D eigenvalue weighted by atomic mass is 10.2. The van der Waals surface area contributed by atoms with Crippen molar-refractivity contribution in [3.63, 3.8) is 0 Å². The summed E-state index contributed by atoms with van der Waals surface area (Å²) in [4.78, 5) is 13.0. The molecule has 1 fully saturated rings. The molecule has 0 radical (unpaired) electrons. The molecule has 0 spiro atoms. The highest BCUT2D eigenvalue weighted by Gasteiger charge is 2.29. The molecule has 122 valence electrons. The number of nitrogens with one attached hydrogen (secondary N) is 1. The minimum Gasteiger partial charge on any atom is -0.276 e. The highest BCUT2D eigenvalue weighted by atomic mass is 32.2. The molecule has 2 aromatic heterocycles. The van der Waals surface area contributed by atoms with Crippen LogP contribution in [0, 0.1) is 6.92 Å². The number of benzene rings is 1. The van der Waals surface area contributed by atoms with E-state index in [2.05, 4.69) is 19.7 Å². The van der Waals surface area contributed by atoms with Gasteiger partial charge in [0.05, 0.1) is 28.0 Å². The molecule has 0 amide bonds. The summed E-state index contributed by atoms with van der Waals surface area (Å²) in [7, 11) is -3.70. The highest BCUT2D eigenvalue weighted by Crippen LogP contribution is 2.42. The Morgan fingerprint density at radius 2 is 2.00 bits per heavy atom. The molecule has 0 unspecified atom stereocenters. The maximum Gasteiger partial charge on any atom is 0.262 e. The first-order chi connectivity index (χ1) is 11.5. The number of aryl methyl sites for hydroxylation is 1. The fourth-order valence-electron chi connectivity index (χ4n) is 2.66. The van der Waals surface area contributed by atoms with Gasteiger partial charge in [0.15, 0.2) is 0 Å². The molecule has 1 aliphatic carbocycles. The van der Waals surface area contributed by atoms with Gasteiger partial charge in [0.2, 0.25) is 0 Å². The predicted molar refractivity (Wildman–Crippen MR) is 91.3 cm³/mol. The second-order valence-electron chi connectivity index (χ2n) is 5.95. The van der Waals surface area contributed by atoms with Crippen LogP contribution < -0.4 is 4.72 Å². The average molecular weight is 340 g/mol. The molecule has 1 N–H and O–H groups in total. The first kappa shape index (κ1) is 15.0. The van der Waals surface area contributed by atoms with Crippen molar-refractivity contribution >= 4 is 26.6 Å². The molecule has 24 heavy (non-hydrogen) atoms. The Morgan fingerprint density at radius 1 is 1.17 bits per heavy atom. The third-order valence-electron chi connectivity index (χ3n) is 4.03. The number of sulfonamides is 1. The molecule has 0 bridgehead atoms. The molecule has 1 aliphatic rings. The Morgan fingerprint density at radius 3 is 2.79 bits per heavy atom. The Labute approximate surface area is 140 Å². The summed E-state index contributed by atoms with van der Waals surface area (Å²) in [6, 6.07) is 8.51. The minimum absolute atomic E-state index is 0.199. The fraction of sp³-hybridized carbons (Fsp3) is 0.235. The van der Waals surface area contributed by atoms with Gasteiger partial charge in [0.25, 0.3) is 10.0 Å². The van der Waals surface area contributed by atoms with Crippen molar-refractivity contribution in [1.82, 2.24) is 15.0 Å². The SMILES string of the molecule is Cc1ncc(NS(=O)(=O)c2ccc3ncccc3c2)c(C2CC2)n1. The number of nitrogens with zero attached hydrogens (tertiary/aromatic N) is 3. The molecule has 6 nitrogen and oxygen atoms in total. The summed E-state index contributed by atoms with van der Waals surface area (Å²) in [5, 5.41) is 0.781. The molecule has 0 aliphatic heterocycles. The predicted octanol–water partition coefficient (Wildman–Crippen LogP) is 3.01. The molecular weight excluding hydrogens is 324 g/mol. The van der Waals surface area contributed by atoms with E-state index < -0.39 is 10.0 Å². The summed E-state index contributed by atoms with van der Waals surface area (Å²) in [5.41, 5.74) is 2.01. The van der Waals surface area contributed by atoms with Crippen LogP contribution in [0.5, 0.6) is 0 Å². The number of rotatable bonds is 4. The van der Waals surface area contributed by atoms with Crippen LogP contribution in [0.3, 0.4) is 0 Å². The topological polar surface area (TPSA) is 84.8 Å². The van der Waals surface area contributed by atoms with E-state index in [1.165, 1.54) is 0 Å². The second kappa shape index (κ2) is 5.52. The average Bonchev–Trinajstić information content (AvgIpc) is 3.41. The zero-order chi connectivity index (χ0) is 16.7. The normalized spacial score (nSPS) is 14.7. The summed E-state index contributed by atoms with van der Waals surface area (Å²) >= 11 is 0.